The molecular formula is C14H16F3N5O. The number of hydrogen-bond acceptors (Lipinski definition) is 6. The summed E-state index contributed by atoms with van der Waals surface area (Å²) in [6.07, 6.45) is -3.07. The van der Waals surface area contributed by atoms with Crippen molar-refractivity contribution in [3.05, 3.63) is 35.6 Å². The zero-order valence-corrected chi connectivity index (χ0v) is 12.7. The maximum Gasteiger partial charge on any atom is 0.419 e. The van der Waals surface area contributed by atoms with E-state index in [9.17, 15) is 13.2 Å². The highest BCUT2D eigenvalue weighted by Crippen LogP contribution is 2.36. The molecule has 1 fully saturated rings. The van der Waals surface area contributed by atoms with E-state index in [1.807, 2.05) is 11.9 Å². The molecule has 2 aromatic heterocycles. The van der Waals surface area contributed by atoms with E-state index in [-0.39, 0.29) is 11.9 Å². The normalized spacial score (nSPS) is 20.0. The lowest BCUT2D eigenvalue weighted by Gasteiger charge is -2.38. The van der Waals surface area contributed by atoms with Gasteiger partial charge in [0.05, 0.1) is 5.56 Å². The number of aryl methyl sites for hydroxylation is 1. The molecule has 0 aromatic carbocycles. The Bertz CT molecular complexity index is 687. The van der Waals surface area contributed by atoms with E-state index in [0.29, 0.717) is 31.3 Å². The van der Waals surface area contributed by atoms with Crippen molar-refractivity contribution in [3.8, 4) is 0 Å². The number of aromatic nitrogens is 3. The third-order valence-electron chi connectivity index (χ3n) is 3.87. The van der Waals surface area contributed by atoms with Crippen molar-refractivity contribution in [1.29, 1.82) is 0 Å². The molecule has 0 saturated carbocycles. The Labute approximate surface area is 130 Å². The quantitative estimate of drug-likeness (QED) is 0.843. The van der Waals surface area contributed by atoms with Crippen LogP contribution in [0.15, 0.2) is 22.9 Å². The first-order valence-electron chi connectivity index (χ1n) is 7.14. The number of alkyl halides is 3. The topological polar surface area (TPSA) is 58.3 Å². The molecule has 1 unspecified atom stereocenters. The lowest BCUT2D eigenvalue weighted by atomic mass is 10.1. The molecule has 9 heteroatoms. The SMILES string of the molecule is Cc1noc(C2CN(c3ncccc3C(F)(F)F)CCN2C)n1. The molecule has 0 spiro atoms. The van der Waals surface area contributed by atoms with Crippen LogP contribution in [0.5, 0.6) is 0 Å². The van der Waals surface area contributed by atoms with Crippen LogP contribution in [0.25, 0.3) is 0 Å². The average molecular weight is 327 g/mol. The number of halogens is 3. The minimum Gasteiger partial charge on any atom is -0.353 e. The van der Waals surface area contributed by atoms with Gasteiger partial charge < -0.3 is 9.42 Å². The molecule has 3 rings (SSSR count). The van der Waals surface area contributed by atoms with Gasteiger partial charge in [-0.05, 0) is 26.1 Å². The van der Waals surface area contributed by atoms with Crippen LogP contribution in [-0.2, 0) is 6.18 Å². The summed E-state index contributed by atoms with van der Waals surface area (Å²) in [5, 5.41) is 3.75. The van der Waals surface area contributed by atoms with E-state index in [2.05, 4.69) is 15.1 Å². The number of hydrogen-bond donors (Lipinski definition) is 0. The van der Waals surface area contributed by atoms with Crippen LogP contribution in [0.4, 0.5) is 19.0 Å². The Morgan fingerprint density at radius 3 is 2.74 bits per heavy atom. The number of piperazine rings is 1. The Balaban J connectivity index is 1.90. The van der Waals surface area contributed by atoms with E-state index in [1.165, 1.54) is 12.3 Å². The minimum atomic E-state index is -4.44. The Morgan fingerprint density at radius 1 is 1.30 bits per heavy atom. The van der Waals surface area contributed by atoms with Gasteiger partial charge >= 0.3 is 6.18 Å². The molecule has 6 nitrogen and oxygen atoms in total. The number of pyridine rings is 1. The van der Waals surface area contributed by atoms with Crippen LogP contribution in [-0.4, -0.2) is 46.7 Å². The van der Waals surface area contributed by atoms with E-state index in [1.54, 1.807) is 11.8 Å². The largest absolute Gasteiger partial charge is 0.419 e. The lowest BCUT2D eigenvalue weighted by Crippen LogP contribution is -2.47. The lowest BCUT2D eigenvalue weighted by molar-refractivity contribution is -0.137. The van der Waals surface area contributed by atoms with Crippen molar-refractivity contribution >= 4 is 5.82 Å². The molecule has 1 aliphatic rings. The van der Waals surface area contributed by atoms with Crippen LogP contribution in [0.1, 0.15) is 23.3 Å². The first-order chi connectivity index (χ1) is 10.9. The second kappa shape index (κ2) is 5.80. The Morgan fingerprint density at radius 2 is 2.09 bits per heavy atom. The standard InChI is InChI=1S/C14H16F3N5O/c1-9-19-13(23-20-9)11-8-22(7-6-21(11)2)12-10(14(15,16)17)4-3-5-18-12/h3-5,11H,6-8H2,1-2H3. The van der Waals surface area contributed by atoms with Crippen LogP contribution in [0, 0.1) is 6.92 Å². The molecule has 0 radical (unpaired) electrons. The Hall–Kier alpha value is -2.16. The monoisotopic (exact) mass is 327 g/mol. The van der Waals surface area contributed by atoms with Gasteiger partial charge in [0.15, 0.2) is 5.82 Å². The molecule has 1 saturated heterocycles. The van der Waals surface area contributed by atoms with Gasteiger partial charge in [-0.1, -0.05) is 5.16 Å². The second-order valence-corrected chi connectivity index (χ2v) is 5.49. The number of anilines is 1. The fourth-order valence-corrected chi connectivity index (χ4v) is 2.65. The van der Waals surface area contributed by atoms with Crippen LogP contribution >= 0.6 is 0 Å². The van der Waals surface area contributed by atoms with E-state index in [4.69, 9.17) is 4.52 Å². The number of nitrogens with zero attached hydrogens (tertiary/aromatic N) is 5. The fourth-order valence-electron chi connectivity index (χ4n) is 2.65. The highest BCUT2D eigenvalue weighted by molar-refractivity contribution is 5.49. The molecule has 0 amide bonds. The van der Waals surface area contributed by atoms with Gasteiger partial charge in [0, 0.05) is 25.8 Å². The summed E-state index contributed by atoms with van der Waals surface area (Å²) in [7, 11) is 1.88. The number of rotatable bonds is 2. The van der Waals surface area contributed by atoms with Crippen LogP contribution in [0.2, 0.25) is 0 Å². The average Bonchev–Trinajstić information content (AvgIpc) is 2.93. The fraction of sp³-hybridized carbons (Fsp3) is 0.500. The van der Waals surface area contributed by atoms with Gasteiger partial charge in [-0.3, -0.25) is 4.90 Å². The molecule has 1 atom stereocenters. The summed E-state index contributed by atoms with van der Waals surface area (Å²) >= 11 is 0. The molecule has 23 heavy (non-hydrogen) atoms. The van der Waals surface area contributed by atoms with Gasteiger partial charge in [-0.25, -0.2) is 4.98 Å². The maximum atomic E-state index is 13.2. The van der Waals surface area contributed by atoms with Gasteiger partial charge in [-0.15, -0.1) is 0 Å². The van der Waals surface area contributed by atoms with E-state index < -0.39 is 11.7 Å². The molecule has 0 bridgehead atoms. The van der Waals surface area contributed by atoms with E-state index >= 15 is 0 Å². The highest BCUT2D eigenvalue weighted by Gasteiger charge is 2.38. The zero-order chi connectivity index (χ0) is 16.6. The van der Waals surface area contributed by atoms with Crippen LogP contribution < -0.4 is 4.90 Å². The molecule has 1 aliphatic heterocycles. The van der Waals surface area contributed by atoms with Gasteiger partial charge in [0.1, 0.15) is 11.9 Å². The highest BCUT2D eigenvalue weighted by atomic mass is 19.4. The Kier molecular flexibility index (Phi) is 3.97. The van der Waals surface area contributed by atoms with Crippen molar-refractivity contribution in [2.75, 3.05) is 31.6 Å². The molecule has 0 aliphatic carbocycles. The van der Waals surface area contributed by atoms with Crippen molar-refractivity contribution in [2.24, 2.45) is 0 Å². The summed E-state index contributed by atoms with van der Waals surface area (Å²) < 4.78 is 44.7. The molecule has 124 valence electrons. The summed E-state index contributed by atoms with van der Waals surface area (Å²) in [5.41, 5.74) is -0.731. The van der Waals surface area contributed by atoms with Crippen molar-refractivity contribution in [1.82, 2.24) is 20.0 Å². The minimum absolute atomic E-state index is 0.0608. The van der Waals surface area contributed by atoms with Crippen LogP contribution in [0.3, 0.4) is 0 Å². The third kappa shape index (κ3) is 3.14. The van der Waals surface area contributed by atoms with Crippen molar-refractivity contribution < 1.29 is 17.7 Å². The maximum absolute atomic E-state index is 13.2. The van der Waals surface area contributed by atoms with Crippen molar-refractivity contribution in [3.63, 3.8) is 0 Å². The van der Waals surface area contributed by atoms with Gasteiger partial charge in [-0.2, -0.15) is 18.2 Å². The molecular weight excluding hydrogens is 311 g/mol. The van der Waals surface area contributed by atoms with Crippen molar-refractivity contribution in [2.45, 2.75) is 19.1 Å². The summed E-state index contributed by atoms with van der Waals surface area (Å²) in [6.45, 7) is 3.02. The predicted octanol–water partition coefficient (Wildman–Crippen LogP) is 2.28. The first kappa shape index (κ1) is 15.7. The molecule has 2 aromatic rings. The third-order valence-corrected chi connectivity index (χ3v) is 3.87. The molecule has 0 N–H and O–H groups in total. The van der Waals surface area contributed by atoms with Gasteiger partial charge in [0.25, 0.3) is 0 Å². The molecule has 3 heterocycles. The summed E-state index contributed by atoms with van der Waals surface area (Å²) in [6, 6.07) is 2.07. The second-order valence-electron chi connectivity index (χ2n) is 5.49. The summed E-state index contributed by atoms with van der Waals surface area (Å²) in [5.74, 6) is 0.841. The smallest absolute Gasteiger partial charge is 0.353 e. The van der Waals surface area contributed by atoms with E-state index in [0.717, 1.165) is 6.07 Å². The first-order valence-corrected chi connectivity index (χ1v) is 7.14. The summed E-state index contributed by atoms with van der Waals surface area (Å²) in [4.78, 5) is 11.7. The van der Waals surface area contributed by atoms with Gasteiger partial charge in [0.2, 0.25) is 5.89 Å². The number of likely N-dealkylation sites (N-methyl/N-ethyl adjacent to an activating group) is 1. The zero-order valence-electron chi connectivity index (χ0n) is 12.7. The predicted molar refractivity (Wildman–Crippen MR) is 75.9 cm³/mol.